The number of anilines is 1. The van der Waals surface area contributed by atoms with Gasteiger partial charge in [-0.1, -0.05) is 29.7 Å². The van der Waals surface area contributed by atoms with Gasteiger partial charge in [0, 0.05) is 0 Å². The first kappa shape index (κ1) is 19.7. The van der Waals surface area contributed by atoms with Gasteiger partial charge in [-0.15, -0.1) is 6.42 Å². The van der Waals surface area contributed by atoms with Gasteiger partial charge in [0.15, 0.2) is 11.5 Å². The van der Waals surface area contributed by atoms with Crippen LogP contribution in [0.15, 0.2) is 48.0 Å². The predicted octanol–water partition coefficient (Wildman–Crippen LogP) is 2.68. The Morgan fingerprint density at radius 1 is 1.10 bits per heavy atom. The highest BCUT2D eigenvalue weighted by Gasteiger charge is 2.36. The van der Waals surface area contributed by atoms with Gasteiger partial charge in [-0.05, 0) is 42.8 Å². The lowest BCUT2D eigenvalue weighted by Gasteiger charge is -2.26. The molecular weight excluding hydrogens is 372 g/mol. The van der Waals surface area contributed by atoms with E-state index in [4.69, 9.17) is 15.9 Å². The summed E-state index contributed by atoms with van der Waals surface area (Å²) in [6.45, 7) is 1.96. The van der Waals surface area contributed by atoms with Crippen molar-refractivity contribution in [1.82, 2.24) is 5.32 Å². The first-order valence-corrected chi connectivity index (χ1v) is 8.67. The van der Waals surface area contributed by atoms with Crippen LogP contribution in [0.5, 0.6) is 11.5 Å². The highest BCUT2D eigenvalue weighted by atomic mass is 16.5. The smallest absolute Gasteiger partial charge is 0.335 e. The Balaban J connectivity index is 1.96. The van der Waals surface area contributed by atoms with Crippen LogP contribution in [0.3, 0.4) is 0 Å². The lowest BCUT2D eigenvalue weighted by Crippen LogP contribution is -2.54. The minimum Gasteiger partial charge on any atom is -0.493 e. The number of methoxy groups -OCH3 is 1. The van der Waals surface area contributed by atoms with Gasteiger partial charge in [-0.25, -0.2) is 9.69 Å². The van der Waals surface area contributed by atoms with Gasteiger partial charge in [0.1, 0.15) is 12.2 Å². The second-order valence-corrected chi connectivity index (χ2v) is 6.20. The van der Waals surface area contributed by atoms with Crippen LogP contribution in [-0.4, -0.2) is 31.6 Å². The van der Waals surface area contributed by atoms with Crippen LogP contribution in [0, 0.1) is 19.3 Å². The van der Waals surface area contributed by atoms with Gasteiger partial charge in [0.25, 0.3) is 11.8 Å². The number of amides is 4. The molecule has 1 N–H and O–H groups in total. The summed E-state index contributed by atoms with van der Waals surface area (Å²) in [5.74, 6) is 1.71. The highest BCUT2D eigenvalue weighted by Crippen LogP contribution is 2.29. The van der Waals surface area contributed by atoms with E-state index < -0.39 is 17.8 Å². The molecule has 4 amide bonds. The van der Waals surface area contributed by atoms with E-state index in [1.165, 1.54) is 13.2 Å². The summed E-state index contributed by atoms with van der Waals surface area (Å²) in [6.07, 6.45) is 6.58. The van der Waals surface area contributed by atoms with Crippen molar-refractivity contribution in [3.8, 4) is 23.8 Å². The number of carbonyl (C=O) groups excluding carboxylic acids is 3. The monoisotopic (exact) mass is 390 g/mol. The minimum atomic E-state index is -0.795. The van der Waals surface area contributed by atoms with Crippen molar-refractivity contribution in [2.75, 3.05) is 18.6 Å². The third kappa shape index (κ3) is 4.12. The maximum atomic E-state index is 12.9. The molecule has 0 unspecified atom stereocenters. The summed E-state index contributed by atoms with van der Waals surface area (Å²) >= 11 is 0. The number of hydrogen-bond acceptors (Lipinski definition) is 5. The number of imide groups is 2. The van der Waals surface area contributed by atoms with Crippen molar-refractivity contribution in [3.63, 3.8) is 0 Å². The quantitative estimate of drug-likeness (QED) is 0.482. The van der Waals surface area contributed by atoms with Crippen LogP contribution in [0.2, 0.25) is 0 Å². The normalized spacial score (nSPS) is 15.1. The highest BCUT2D eigenvalue weighted by molar-refractivity contribution is 6.39. The number of rotatable bonds is 5. The summed E-state index contributed by atoms with van der Waals surface area (Å²) in [6, 6.07) is 10.9. The van der Waals surface area contributed by atoms with Gasteiger partial charge in [-0.3, -0.25) is 14.9 Å². The molecule has 0 spiro atoms. The van der Waals surface area contributed by atoms with E-state index in [0.717, 1.165) is 10.5 Å². The van der Waals surface area contributed by atoms with Gasteiger partial charge in [0.2, 0.25) is 0 Å². The number of benzene rings is 2. The van der Waals surface area contributed by atoms with E-state index in [-0.39, 0.29) is 12.2 Å². The Bertz CT molecular complexity index is 1050. The number of carbonyl (C=O) groups is 3. The molecule has 0 aliphatic carbocycles. The molecular formula is C22H18N2O5. The minimum absolute atomic E-state index is 0.0747. The lowest BCUT2D eigenvalue weighted by molar-refractivity contribution is -0.122. The summed E-state index contributed by atoms with van der Waals surface area (Å²) < 4.78 is 10.7. The van der Waals surface area contributed by atoms with Gasteiger partial charge in [-0.2, -0.15) is 0 Å². The Morgan fingerprint density at radius 3 is 2.48 bits per heavy atom. The Kier molecular flexibility index (Phi) is 5.65. The largest absolute Gasteiger partial charge is 0.493 e. The molecule has 7 nitrogen and oxygen atoms in total. The molecule has 0 radical (unpaired) electrons. The van der Waals surface area contributed by atoms with Crippen LogP contribution in [0.25, 0.3) is 6.08 Å². The van der Waals surface area contributed by atoms with Crippen molar-refractivity contribution >= 4 is 29.6 Å². The van der Waals surface area contributed by atoms with Crippen molar-refractivity contribution in [1.29, 1.82) is 0 Å². The molecule has 0 atom stereocenters. The fourth-order valence-electron chi connectivity index (χ4n) is 2.77. The van der Waals surface area contributed by atoms with Crippen molar-refractivity contribution in [3.05, 3.63) is 59.2 Å². The number of barbiturate groups is 1. The van der Waals surface area contributed by atoms with E-state index in [1.54, 1.807) is 42.5 Å². The van der Waals surface area contributed by atoms with E-state index >= 15 is 0 Å². The van der Waals surface area contributed by atoms with Gasteiger partial charge in [0.05, 0.1) is 12.8 Å². The predicted molar refractivity (Wildman–Crippen MR) is 108 cm³/mol. The number of nitrogens with one attached hydrogen (secondary N) is 1. The zero-order valence-electron chi connectivity index (χ0n) is 15.9. The number of terminal acetylenes is 1. The maximum absolute atomic E-state index is 12.9. The fourth-order valence-corrected chi connectivity index (χ4v) is 2.77. The van der Waals surface area contributed by atoms with Crippen molar-refractivity contribution in [2.45, 2.75) is 6.92 Å². The summed E-state index contributed by atoms with van der Waals surface area (Å²) in [5, 5.41) is 2.19. The molecule has 3 rings (SSSR count). The SMILES string of the molecule is C#CCOc1ccc(C=C2C(=O)NC(=O)N(c3ccc(C)cc3)C2=O)cc1OC. The number of urea groups is 1. The number of aryl methyl sites for hydroxylation is 1. The van der Waals surface area contributed by atoms with Crippen LogP contribution >= 0.6 is 0 Å². The average Bonchev–Trinajstić information content (AvgIpc) is 2.71. The molecule has 2 aromatic carbocycles. The number of nitrogens with zero attached hydrogens (tertiary/aromatic N) is 1. The first-order chi connectivity index (χ1) is 13.9. The van der Waals surface area contributed by atoms with Gasteiger partial charge < -0.3 is 9.47 Å². The molecule has 1 aliphatic heterocycles. The molecule has 1 heterocycles. The molecule has 0 bridgehead atoms. The Labute approximate surface area is 167 Å². The fraction of sp³-hybridized carbons (Fsp3) is 0.136. The number of ether oxygens (including phenoxy) is 2. The van der Waals surface area contributed by atoms with Crippen LogP contribution < -0.4 is 19.7 Å². The second-order valence-electron chi connectivity index (χ2n) is 6.20. The van der Waals surface area contributed by atoms with E-state index in [0.29, 0.717) is 22.7 Å². The van der Waals surface area contributed by atoms with Crippen LogP contribution in [0.1, 0.15) is 11.1 Å². The average molecular weight is 390 g/mol. The standard InChI is InChI=1S/C22H18N2O5/c1-4-11-29-18-10-7-15(13-19(18)28-3)12-17-20(25)23-22(27)24(21(17)26)16-8-5-14(2)6-9-16/h1,5-10,12-13H,11H2,2-3H3,(H,23,25,27). The van der Waals surface area contributed by atoms with Crippen molar-refractivity contribution < 1.29 is 23.9 Å². The second kappa shape index (κ2) is 8.31. The third-order valence-corrected chi connectivity index (χ3v) is 4.20. The van der Waals surface area contributed by atoms with E-state index in [2.05, 4.69) is 11.2 Å². The Morgan fingerprint density at radius 2 is 1.83 bits per heavy atom. The topological polar surface area (TPSA) is 84.9 Å². The number of hydrogen-bond donors (Lipinski definition) is 1. The molecule has 7 heteroatoms. The maximum Gasteiger partial charge on any atom is 0.335 e. The lowest BCUT2D eigenvalue weighted by atomic mass is 10.1. The summed E-state index contributed by atoms with van der Waals surface area (Å²) in [5.41, 5.74) is 1.69. The van der Waals surface area contributed by atoms with E-state index in [9.17, 15) is 14.4 Å². The summed E-state index contributed by atoms with van der Waals surface area (Å²) in [4.78, 5) is 38.3. The van der Waals surface area contributed by atoms with Crippen LogP contribution in [0.4, 0.5) is 10.5 Å². The molecule has 1 saturated heterocycles. The molecule has 146 valence electrons. The molecule has 2 aromatic rings. The summed E-state index contributed by atoms with van der Waals surface area (Å²) in [7, 11) is 1.46. The molecule has 0 aromatic heterocycles. The van der Waals surface area contributed by atoms with E-state index in [1.807, 2.05) is 6.92 Å². The first-order valence-electron chi connectivity index (χ1n) is 8.67. The Hall–Kier alpha value is -4.05. The zero-order valence-corrected chi connectivity index (χ0v) is 15.9. The van der Waals surface area contributed by atoms with Gasteiger partial charge >= 0.3 is 6.03 Å². The van der Waals surface area contributed by atoms with Crippen LogP contribution in [-0.2, 0) is 9.59 Å². The zero-order chi connectivity index (χ0) is 21.0. The molecule has 29 heavy (non-hydrogen) atoms. The molecule has 0 saturated carbocycles. The molecule has 1 fully saturated rings. The third-order valence-electron chi connectivity index (χ3n) is 4.20. The molecule has 1 aliphatic rings. The van der Waals surface area contributed by atoms with Crippen molar-refractivity contribution in [2.24, 2.45) is 0 Å².